The predicted molar refractivity (Wildman–Crippen MR) is 101 cm³/mol. The number of nitrogens with one attached hydrogen (secondary N) is 1. The Balaban J connectivity index is 1.82. The van der Waals surface area contributed by atoms with Crippen molar-refractivity contribution in [2.75, 3.05) is 4.72 Å². The molecule has 1 N–H and O–H groups in total. The van der Waals surface area contributed by atoms with E-state index in [9.17, 15) is 17.6 Å². The number of aromatic nitrogens is 3. The van der Waals surface area contributed by atoms with Gasteiger partial charge in [0, 0.05) is 23.7 Å². The van der Waals surface area contributed by atoms with E-state index in [1.54, 1.807) is 6.92 Å². The lowest BCUT2D eigenvalue weighted by molar-refractivity contribution is 0.489. The summed E-state index contributed by atoms with van der Waals surface area (Å²) in [7, 11) is -4.27. The molecule has 144 valence electrons. The lowest BCUT2D eigenvalue weighted by atomic mass is 10.1. The zero-order chi connectivity index (χ0) is 19.9. The van der Waals surface area contributed by atoms with Crippen LogP contribution in [0.4, 0.5) is 9.52 Å². The highest BCUT2D eigenvalue weighted by Crippen LogP contribution is 2.27. The lowest BCUT2D eigenvalue weighted by Crippen LogP contribution is -2.19. The fourth-order valence-electron chi connectivity index (χ4n) is 2.88. The second kappa shape index (κ2) is 6.84. The third-order valence-corrected chi connectivity index (χ3v) is 6.27. The number of sulfonamides is 1. The molecule has 4 aromatic rings. The van der Waals surface area contributed by atoms with Gasteiger partial charge in [-0.1, -0.05) is 30.3 Å². The normalized spacial score (nSPS) is 12.9. The summed E-state index contributed by atoms with van der Waals surface area (Å²) in [6, 6.07) is 10.7. The van der Waals surface area contributed by atoms with E-state index in [-0.39, 0.29) is 16.2 Å². The van der Waals surface area contributed by atoms with Gasteiger partial charge in [-0.05, 0) is 12.5 Å². The molecule has 0 radical (unpaired) electrons. The Hall–Kier alpha value is -3.05. The average molecular weight is 420 g/mol. The molecule has 0 spiro atoms. The third kappa shape index (κ3) is 3.18. The number of halogens is 1. The summed E-state index contributed by atoms with van der Waals surface area (Å²) < 4.78 is 51.9. The molecule has 11 heteroatoms. The van der Waals surface area contributed by atoms with Gasteiger partial charge in [0.2, 0.25) is 5.13 Å². The van der Waals surface area contributed by atoms with Crippen LogP contribution in [-0.2, 0) is 10.0 Å². The lowest BCUT2D eigenvalue weighted by Gasteiger charge is -2.13. The molecule has 2 heterocycles. The maximum absolute atomic E-state index is 14.7. The molecule has 0 amide bonds. The second-order valence-corrected chi connectivity index (χ2v) is 8.36. The Morgan fingerprint density at radius 1 is 1.25 bits per heavy atom. The molecular weight excluding hydrogens is 407 g/mol. The molecule has 4 rings (SSSR count). The topological polar surface area (TPSA) is 107 Å². The Morgan fingerprint density at radius 3 is 2.68 bits per heavy atom. The monoisotopic (exact) mass is 420 g/mol. The molecule has 28 heavy (non-hydrogen) atoms. The van der Waals surface area contributed by atoms with Crippen molar-refractivity contribution >= 4 is 37.8 Å². The molecule has 1 unspecified atom stereocenters. The first-order valence-corrected chi connectivity index (χ1v) is 10.3. The first-order chi connectivity index (χ1) is 13.4. The number of hydrogen-bond acceptors (Lipinski definition) is 7. The summed E-state index contributed by atoms with van der Waals surface area (Å²) in [4.78, 5) is 15.4. The van der Waals surface area contributed by atoms with Crippen molar-refractivity contribution in [2.24, 2.45) is 0 Å². The van der Waals surface area contributed by atoms with E-state index < -0.39 is 32.5 Å². The fourth-order valence-corrected chi connectivity index (χ4v) is 4.61. The van der Waals surface area contributed by atoms with Crippen LogP contribution in [0, 0.1) is 5.82 Å². The zero-order valence-electron chi connectivity index (χ0n) is 14.4. The SMILES string of the molecule is CC(c1ccccc1)n1c(=O)oc2cc(S(=O)(=O)Nc3ncns3)c(F)cc21. The van der Waals surface area contributed by atoms with Gasteiger partial charge in [0.1, 0.15) is 17.0 Å². The van der Waals surface area contributed by atoms with Crippen LogP contribution in [0.1, 0.15) is 18.5 Å². The highest BCUT2D eigenvalue weighted by molar-refractivity contribution is 7.93. The number of oxazole rings is 1. The highest BCUT2D eigenvalue weighted by atomic mass is 32.2. The molecule has 2 aromatic carbocycles. The van der Waals surface area contributed by atoms with Crippen molar-refractivity contribution in [1.82, 2.24) is 13.9 Å². The van der Waals surface area contributed by atoms with E-state index in [1.807, 2.05) is 30.3 Å². The smallest absolute Gasteiger partial charge is 0.408 e. The quantitative estimate of drug-likeness (QED) is 0.532. The Labute approximate surface area is 162 Å². The largest absolute Gasteiger partial charge is 0.420 e. The minimum absolute atomic E-state index is 0.00350. The standard InChI is InChI=1S/C17H13FN4O4S2/c1-10(11-5-3-2-4-6-11)22-13-7-12(18)15(8-14(13)26-17(22)23)28(24,25)21-16-19-9-20-27-16/h2-10H,1H3,(H,19,20,21). The van der Waals surface area contributed by atoms with E-state index >= 15 is 0 Å². The number of rotatable bonds is 5. The average Bonchev–Trinajstić information content (AvgIpc) is 3.27. The number of benzene rings is 2. The summed E-state index contributed by atoms with van der Waals surface area (Å²) in [5.74, 6) is -1.73. The molecule has 0 aliphatic carbocycles. The van der Waals surface area contributed by atoms with E-state index in [4.69, 9.17) is 4.42 Å². The van der Waals surface area contributed by atoms with Gasteiger partial charge in [-0.3, -0.25) is 9.29 Å². The number of anilines is 1. The number of hydrogen-bond donors (Lipinski definition) is 1. The summed E-state index contributed by atoms with van der Waals surface area (Å²) >= 11 is 0.811. The summed E-state index contributed by atoms with van der Waals surface area (Å²) in [6.45, 7) is 1.77. The van der Waals surface area contributed by atoms with Crippen LogP contribution in [0.2, 0.25) is 0 Å². The first kappa shape index (κ1) is 18.3. The van der Waals surface area contributed by atoms with Gasteiger partial charge >= 0.3 is 5.76 Å². The van der Waals surface area contributed by atoms with Crippen LogP contribution < -0.4 is 10.5 Å². The van der Waals surface area contributed by atoms with Gasteiger partial charge < -0.3 is 4.42 Å². The highest BCUT2D eigenvalue weighted by Gasteiger charge is 2.25. The predicted octanol–water partition coefficient (Wildman–Crippen LogP) is 3.00. The van der Waals surface area contributed by atoms with Crippen molar-refractivity contribution < 1.29 is 17.2 Å². The van der Waals surface area contributed by atoms with Crippen molar-refractivity contribution in [2.45, 2.75) is 17.9 Å². The van der Waals surface area contributed by atoms with Crippen LogP contribution in [-0.4, -0.2) is 22.3 Å². The van der Waals surface area contributed by atoms with E-state index in [0.29, 0.717) is 0 Å². The van der Waals surface area contributed by atoms with Crippen LogP contribution in [0.3, 0.4) is 0 Å². The van der Waals surface area contributed by atoms with Gasteiger partial charge in [-0.15, -0.1) is 0 Å². The van der Waals surface area contributed by atoms with Crippen molar-refractivity contribution in [1.29, 1.82) is 0 Å². The molecule has 1 atom stereocenters. The molecule has 0 aliphatic heterocycles. The molecule has 2 aromatic heterocycles. The minimum atomic E-state index is -4.27. The Morgan fingerprint density at radius 2 is 2.00 bits per heavy atom. The molecule has 8 nitrogen and oxygen atoms in total. The van der Waals surface area contributed by atoms with Gasteiger partial charge in [-0.2, -0.15) is 4.37 Å². The molecular formula is C17H13FN4O4S2. The summed E-state index contributed by atoms with van der Waals surface area (Å²) in [6.07, 6.45) is 1.17. The molecule has 0 saturated carbocycles. The minimum Gasteiger partial charge on any atom is -0.408 e. The van der Waals surface area contributed by atoms with Crippen molar-refractivity contribution in [3.8, 4) is 0 Å². The van der Waals surface area contributed by atoms with Crippen LogP contribution in [0.25, 0.3) is 11.1 Å². The van der Waals surface area contributed by atoms with Crippen molar-refractivity contribution in [3.05, 3.63) is 70.7 Å². The second-order valence-electron chi connectivity index (χ2n) is 5.93. The zero-order valence-corrected chi connectivity index (χ0v) is 16.0. The fraction of sp³-hybridized carbons (Fsp3) is 0.118. The molecule has 0 aliphatic rings. The third-order valence-electron chi connectivity index (χ3n) is 4.21. The van der Waals surface area contributed by atoms with Crippen LogP contribution >= 0.6 is 11.5 Å². The van der Waals surface area contributed by atoms with Crippen LogP contribution in [0.15, 0.2) is 62.9 Å². The van der Waals surface area contributed by atoms with E-state index in [2.05, 4.69) is 14.1 Å². The van der Waals surface area contributed by atoms with E-state index in [0.717, 1.165) is 29.2 Å². The Bertz CT molecular complexity index is 1300. The van der Waals surface area contributed by atoms with E-state index in [1.165, 1.54) is 10.9 Å². The first-order valence-electron chi connectivity index (χ1n) is 8.06. The van der Waals surface area contributed by atoms with Gasteiger partial charge in [0.25, 0.3) is 10.0 Å². The molecule has 0 saturated heterocycles. The summed E-state index contributed by atoms with van der Waals surface area (Å²) in [5.41, 5.74) is 0.947. The summed E-state index contributed by atoms with van der Waals surface area (Å²) in [5, 5.41) is -0.00350. The van der Waals surface area contributed by atoms with Gasteiger partial charge in [0.05, 0.1) is 11.6 Å². The number of fused-ring (bicyclic) bond motifs is 1. The molecule has 0 fully saturated rings. The maximum atomic E-state index is 14.7. The number of nitrogens with zero attached hydrogens (tertiary/aromatic N) is 3. The maximum Gasteiger partial charge on any atom is 0.420 e. The molecule has 0 bridgehead atoms. The van der Waals surface area contributed by atoms with Crippen LogP contribution in [0.5, 0.6) is 0 Å². The van der Waals surface area contributed by atoms with Crippen molar-refractivity contribution in [3.63, 3.8) is 0 Å². The Kier molecular flexibility index (Phi) is 4.47. The van der Waals surface area contributed by atoms with Gasteiger partial charge in [0.15, 0.2) is 5.58 Å². The van der Waals surface area contributed by atoms with Gasteiger partial charge in [-0.25, -0.2) is 22.6 Å².